The van der Waals surface area contributed by atoms with Crippen molar-refractivity contribution >= 4 is 11.9 Å². The van der Waals surface area contributed by atoms with Crippen LogP contribution in [0.2, 0.25) is 0 Å². The van der Waals surface area contributed by atoms with Crippen molar-refractivity contribution in [3.8, 4) is 11.5 Å². The van der Waals surface area contributed by atoms with Crippen molar-refractivity contribution in [2.75, 3.05) is 19.8 Å². The van der Waals surface area contributed by atoms with E-state index in [0.29, 0.717) is 24.7 Å². The highest BCUT2D eigenvalue weighted by Gasteiger charge is 2.30. The third-order valence-electron chi connectivity index (χ3n) is 3.61. The number of aliphatic carboxylic acids is 1. The molecule has 6 heteroatoms. The second-order valence-corrected chi connectivity index (χ2v) is 5.15. The number of benzene rings is 1. The number of hydrogen-bond acceptors (Lipinski definition) is 4. The van der Waals surface area contributed by atoms with Gasteiger partial charge in [-0.25, -0.2) is 0 Å². The summed E-state index contributed by atoms with van der Waals surface area (Å²) in [4.78, 5) is 24.7. The largest absolute Gasteiger partial charge is 0.490 e. The maximum absolute atomic E-state index is 12.2. The second kappa shape index (κ2) is 7.68. The lowest BCUT2D eigenvalue weighted by Gasteiger charge is -2.23. The monoisotopic (exact) mass is 307 g/mol. The van der Waals surface area contributed by atoms with Crippen LogP contribution >= 0.6 is 0 Å². The molecule has 22 heavy (non-hydrogen) atoms. The molecule has 120 valence electrons. The number of hydrogen-bond donors (Lipinski definition) is 1. The molecule has 6 nitrogen and oxygen atoms in total. The Labute approximate surface area is 129 Å². The van der Waals surface area contributed by atoms with Gasteiger partial charge in [0.15, 0.2) is 18.1 Å². The van der Waals surface area contributed by atoms with Gasteiger partial charge in [0.1, 0.15) is 0 Å². The van der Waals surface area contributed by atoms with Crippen LogP contribution in [0.15, 0.2) is 24.3 Å². The van der Waals surface area contributed by atoms with E-state index in [9.17, 15) is 9.59 Å². The molecule has 1 N–H and O–H groups in total. The first-order valence-corrected chi connectivity index (χ1v) is 7.47. The van der Waals surface area contributed by atoms with E-state index >= 15 is 0 Å². The summed E-state index contributed by atoms with van der Waals surface area (Å²) in [6, 6.07) is 6.95. The van der Waals surface area contributed by atoms with Crippen LogP contribution in [0.1, 0.15) is 26.2 Å². The van der Waals surface area contributed by atoms with Crippen molar-refractivity contribution in [2.24, 2.45) is 0 Å². The van der Waals surface area contributed by atoms with Gasteiger partial charge in [-0.3, -0.25) is 9.59 Å². The molecule has 0 spiro atoms. The Balaban J connectivity index is 1.93. The summed E-state index contributed by atoms with van der Waals surface area (Å²) in [5.41, 5.74) is 0. The van der Waals surface area contributed by atoms with Gasteiger partial charge in [0.05, 0.1) is 13.0 Å². The molecule has 1 heterocycles. The number of carbonyl (C=O) groups excluding carboxylic acids is 1. The van der Waals surface area contributed by atoms with Gasteiger partial charge in [-0.2, -0.15) is 0 Å². The van der Waals surface area contributed by atoms with Crippen LogP contribution in [0, 0.1) is 0 Å². The Hall–Kier alpha value is -2.24. The van der Waals surface area contributed by atoms with E-state index in [1.54, 1.807) is 17.0 Å². The molecule has 0 aliphatic carbocycles. The molecule has 1 fully saturated rings. The number of carbonyl (C=O) groups is 2. The Kier molecular flexibility index (Phi) is 5.63. The highest BCUT2D eigenvalue weighted by atomic mass is 16.5. The molecule has 0 bridgehead atoms. The highest BCUT2D eigenvalue weighted by Crippen LogP contribution is 2.27. The van der Waals surface area contributed by atoms with Gasteiger partial charge in [-0.1, -0.05) is 12.1 Å². The smallest absolute Gasteiger partial charge is 0.305 e. The molecule has 0 saturated carbocycles. The standard InChI is InChI=1S/C16H21NO5/c1-2-21-13-7-3-4-8-14(13)22-11-15(18)17-9-5-6-12(17)10-16(19)20/h3-4,7-8,12H,2,5-6,9-11H2,1H3,(H,19,20). The quantitative estimate of drug-likeness (QED) is 0.833. The average Bonchev–Trinajstić information content (AvgIpc) is 2.94. The topological polar surface area (TPSA) is 76.1 Å². The summed E-state index contributed by atoms with van der Waals surface area (Å²) in [5, 5.41) is 8.89. The Morgan fingerprint density at radius 2 is 1.95 bits per heavy atom. The van der Waals surface area contributed by atoms with E-state index in [4.69, 9.17) is 14.6 Å². The minimum absolute atomic E-state index is 0.0126. The lowest BCUT2D eigenvalue weighted by atomic mass is 10.1. The minimum Gasteiger partial charge on any atom is -0.490 e. The number of nitrogens with zero attached hydrogens (tertiary/aromatic N) is 1. The first-order valence-electron chi connectivity index (χ1n) is 7.47. The van der Waals surface area contributed by atoms with Gasteiger partial charge in [0.2, 0.25) is 0 Å². The molecule has 1 atom stereocenters. The molecule has 1 aliphatic heterocycles. The molecule has 0 radical (unpaired) electrons. The van der Waals surface area contributed by atoms with Crippen molar-refractivity contribution in [3.05, 3.63) is 24.3 Å². The Bertz CT molecular complexity index is 531. The van der Waals surface area contributed by atoms with Crippen LogP contribution in [0.4, 0.5) is 0 Å². The van der Waals surface area contributed by atoms with Gasteiger partial charge >= 0.3 is 5.97 Å². The lowest BCUT2D eigenvalue weighted by Crippen LogP contribution is -2.39. The van der Waals surface area contributed by atoms with Crippen molar-refractivity contribution in [1.29, 1.82) is 0 Å². The fourth-order valence-corrected chi connectivity index (χ4v) is 2.64. The fraction of sp³-hybridized carbons (Fsp3) is 0.500. The van der Waals surface area contributed by atoms with Crippen molar-refractivity contribution < 1.29 is 24.2 Å². The molecular weight excluding hydrogens is 286 g/mol. The molecule has 1 saturated heterocycles. The molecule has 1 amide bonds. The number of likely N-dealkylation sites (tertiary alicyclic amines) is 1. The summed E-state index contributed by atoms with van der Waals surface area (Å²) >= 11 is 0. The molecule has 1 aromatic rings. The number of carboxylic acids is 1. The molecule has 1 aromatic carbocycles. The number of ether oxygens (including phenoxy) is 2. The van der Waals surface area contributed by atoms with Gasteiger partial charge < -0.3 is 19.5 Å². The van der Waals surface area contributed by atoms with Crippen LogP contribution in [0.5, 0.6) is 11.5 Å². The maximum atomic E-state index is 12.2. The zero-order valence-corrected chi connectivity index (χ0v) is 12.7. The lowest BCUT2D eigenvalue weighted by molar-refractivity contribution is -0.140. The summed E-state index contributed by atoms with van der Waals surface area (Å²) < 4.78 is 11.0. The summed E-state index contributed by atoms with van der Waals surface area (Å²) in [5.74, 6) is 0.0513. The van der Waals surface area contributed by atoms with Crippen LogP contribution in [0.25, 0.3) is 0 Å². The van der Waals surface area contributed by atoms with Crippen LogP contribution < -0.4 is 9.47 Å². The minimum atomic E-state index is -0.882. The van der Waals surface area contributed by atoms with Crippen LogP contribution in [0.3, 0.4) is 0 Å². The number of carboxylic acid groups (broad SMARTS) is 1. The second-order valence-electron chi connectivity index (χ2n) is 5.15. The number of amides is 1. The van der Waals surface area contributed by atoms with Gasteiger partial charge in [0, 0.05) is 12.6 Å². The van der Waals surface area contributed by atoms with E-state index in [2.05, 4.69) is 0 Å². The Morgan fingerprint density at radius 3 is 2.59 bits per heavy atom. The zero-order valence-electron chi connectivity index (χ0n) is 12.7. The SMILES string of the molecule is CCOc1ccccc1OCC(=O)N1CCCC1CC(=O)O. The predicted octanol–water partition coefficient (Wildman–Crippen LogP) is 1.93. The normalized spacial score (nSPS) is 17.3. The number of rotatable bonds is 7. The molecule has 0 aromatic heterocycles. The zero-order chi connectivity index (χ0) is 15.9. The first-order chi connectivity index (χ1) is 10.6. The highest BCUT2D eigenvalue weighted by molar-refractivity contribution is 5.79. The van der Waals surface area contributed by atoms with Crippen molar-refractivity contribution in [3.63, 3.8) is 0 Å². The van der Waals surface area contributed by atoms with Crippen molar-refractivity contribution in [2.45, 2.75) is 32.2 Å². The molecular formula is C16H21NO5. The van der Waals surface area contributed by atoms with Gasteiger partial charge in [-0.15, -0.1) is 0 Å². The van der Waals surface area contributed by atoms with Gasteiger partial charge in [0.25, 0.3) is 5.91 Å². The first kappa shape index (κ1) is 16.1. The predicted molar refractivity (Wildman–Crippen MR) is 80.1 cm³/mol. The molecule has 1 aliphatic rings. The van der Waals surface area contributed by atoms with Crippen LogP contribution in [-0.4, -0.2) is 47.7 Å². The maximum Gasteiger partial charge on any atom is 0.305 e. The number of para-hydroxylation sites is 2. The van der Waals surface area contributed by atoms with Crippen molar-refractivity contribution in [1.82, 2.24) is 4.90 Å². The third kappa shape index (κ3) is 4.13. The summed E-state index contributed by atoms with van der Waals surface area (Å²) in [7, 11) is 0. The van der Waals surface area contributed by atoms with E-state index in [0.717, 1.165) is 12.8 Å². The third-order valence-corrected chi connectivity index (χ3v) is 3.61. The summed E-state index contributed by atoms with van der Waals surface area (Å²) in [6.07, 6.45) is 1.55. The molecule has 1 unspecified atom stereocenters. The Morgan fingerprint density at radius 1 is 1.27 bits per heavy atom. The summed E-state index contributed by atoms with van der Waals surface area (Å²) in [6.45, 7) is 2.87. The van der Waals surface area contributed by atoms with Gasteiger partial charge in [-0.05, 0) is 31.9 Å². The van der Waals surface area contributed by atoms with E-state index in [-0.39, 0.29) is 25.0 Å². The average molecular weight is 307 g/mol. The van der Waals surface area contributed by atoms with E-state index < -0.39 is 5.97 Å². The fourth-order valence-electron chi connectivity index (χ4n) is 2.64. The molecule has 2 rings (SSSR count). The van der Waals surface area contributed by atoms with E-state index in [1.165, 1.54) is 0 Å². The van der Waals surface area contributed by atoms with Crippen LogP contribution in [-0.2, 0) is 9.59 Å². The van der Waals surface area contributed by atoms with E-state index in [1.807, 2.05) is 19.1 Å².